The number of hydrogen-bond acceptors (Lipinski definition) is 5. The molecule has 0 bridgehead atoms. The molecule has 1 fully saturated rings. The SMILES string of the molecule is CCOc1cccc(CNC(=O)C2CC(=O)N(c3ccc(S(=O)(=O)N(CC)CC)cc3)C2)c1. The van der Waals surface area contributed by atoms with Crippen LogP contribution in [0, 0.1) is 5.92 Å². The van der Waals surface area contributed by atoms with Crippen LogP contribution in [0.1, 0.15) is 32.8 Å². The lowest BCUT2D eigenvalue weighted by Crippen LogP contribution is -2.32. The predicted molar refractivity (Wildman–Crippen MR) is 126 cm³/mol. The average Bonchev–Trinajstić information content (AvgIpc) is 3.20. The molecular formula is C24H31N3O5S. The van der Waals surface area contributed by atoms with E-state index in [4.69, 9.17) is 4.74 Å². The minimum Gasteiger partial charge on any atom is -0.494 e. The summed E-state index contributed by atoms with van der Waals surface area (Å²) in [5.41, 5.74) is 1.50. The van der Waals surface area contributed by atoms with E-state index in [-0.39, 0.29) is 29.7 Å². The fourth-order valence-electron chi connectivity index (χ4n) is 3.89. The van der Waals surface area contributed by atoms with Crippen LogP contribution in [0.2, 0.25) is 0 Å². The van der Waals surface area contributed by atoms with Crippen molar-refractivity contribution in [3.8, 4) is 5.75 Å². The van der Waals surface area contributed by atoms with E-state index in [2.05, 4.69) is 5.32 Å². The highest BCUT2D eigenvalue weighted by atomic mass is 32.2. The fraction of sp³-hybridized carbons (Fsp3) is 0.417. The van der Waals surface area contributed by atoms with Crippen LogP contribution in [0.5, 0.6) is 5.75 Å². The summed E-state index contributed by atoms with van der Waals surface area (Å²) in [4.78, 5) is 27.0. The van der Waals surface area contributed by atoms with Gasteiger partial charge in [0.15, 0.2) is 0 Å². The number of rotatable bonds is 10. The monoisotopic (exact) mass is 473 g/mol. The molecular weight excluding hydrogens is 442 g/mol. The summed E-state index contributed by atoms with van der Waals surface area (Å²) in [6, 6.07) is 13.8. The van der Waals surface area contributed by atoms with Crippen LogP contribution >= 0.6 is 0 Å². The van der Waals surface area contributed by atoms with E-state index >= 15 is 0 Å². The molecule has 3 rings (SSSR count). The van der Waals surface area contributed by atoms with E-state index in [0.717, 1.165) is 11.3 Å². The molecule has 0 saturated carbocycles. The lowest BCUT2D eigenvalue weighted by atomic mass is 10.1. The Morgan fingerprint density at radius 3 is 2.45 bits per heavy atom. The van der Waals surface area contributed by atoms with Crippen molar-refractivity contribution in [3.05, 3.63) is 54.1 Å². The Bertz CT molecular complexity index is 1080. The van der Waals surface area contributed by atoms with Gasteiger partial charge in [-0.3, -0.25) is 9.59 Å². The molecule has 0 spiro atoms. The highest BCUT2D eigenvalue weighted by Gasteiger charge is 2.35. The lowest BCUT2D eigenvalue weighted by molar-refractivity contribution is -0.126. The molecule has 1 unspecified atom stereocenters. The van der Waals surface area contributed by atoms with Crippen LogP contribution in [0.15, 0.2) is 53.4 Å². The van der Waals surface area contributed by atoms with Gasteiger partial charge in [-0.2, -0.15) is 4.31 Å². The Balaban J connectivity index is 1.63. The number of anilines is 1. The first kappa shape index (κ1) is 24.7. The molecule has 2 aromatic rings. The summed E-state index contributed by atoms with van der Waals surface area (Å²) >= 11 is 0. The minimum atomic E-state index is -3.56. The molecule has 0 aromatic heterocycles. The van der Waals surface area contributed by atoms with Gasteiger partial charge in [-0.25, -0.2) is 8.42 Å². The highest BCUT2D eigenvalue weighted by molar-refractivity contribution is 7.89. The van der Waals surface area contributed by atoms with E-state index in [1.807, 2.05) is 31.2 Å². The number of hydrogen-bond donors (Lipinski definition) is 1. The summed E-state index contributed by atoms with van der Waals surface area (Å²) in [6.45, 7) is 7.44. The van der Waals surface area contributed by atoms with Gasteiger partial charge in [0.25, 0.3) is 0 Å². The molecule has 1 saturated heterocycles. The van der Waals surface area contributed by atoms with Gasteiger partial charge in [-0.1, -0.05) is 26.0 Å². The number of benzene rings is 2. The van der Waals surface area contributed by atoms with Gasteiger partial charge in [0.2, 0.25) is 21.8 Å². The van der Waals surface area contributed by atoms with Crippen LogP contribution in [0.3, 0.4) is 0 Å². The number of carbonyl (C=O) groups excluding carboxylic acids is 2. The normalized spacial score (nSPS) is 16.3. The molecule has 2 amide bonds. The Hall–Kier alpha value is -2.91. The van der Waals surface area contributed by atoms with Crippen LogP contribution < -0.4 is 15.0 Å². The molecule has 33 heavy (non-hydrogen) atoms. The number of amides is 2. The summed E-state index contributed by atoms with van der Waals surface area (Å²) < 4.78 is 32.2. The van der Waals surface area contributed by atoms with Crippen LogP contribution in [-0.4, -0.2) is 50.8 Å². The van der Waals surface area contributed by atoms with E-state index in [0.29, 0.717) is 31.9 Å². The van der Waals surface area contributed by atoms with Gasteiger partial charge in [0.05, 0.1) is 17.4 Å². The maximum Gasteiger partial charge on any atom is 0.243 e. The Morgan fingerprint density at radius 2 is 1.82 bits per heavy atom. The largest absolute Gasteiger partial charge is 0.494 e. The van der Waals surface area contributed by atoms with Crippen LogP contribution in [-0.2, 0) is 26.2 Å². The molecule has 1 aliphatic heterocycles. The minimum absolute atomic E-state index is 0.115. The summed E-state index contributed by atoms with van der Waals surface area (Å²) in [5, 5.41) is 2.90. The molecule has 0 radical (unpaired) electrons. The summed E-state index contributed by atoms with van der Waals surface area (Å²) in [6.07, 6.45) is 0.115. The van der Waals surface area contributed by atoms with Crippen molar-refractivity contribution in [2.75, 3.05) is 31.1 Å². The summed E-state index contributed by atoms with van der Waals surface area (Å²) in [5.74, 6) is -0.0641. The first-order chi connectivity index (χ1) is 15.8. The molecule has 8 nitrogen and oxygen atoms in total. The molecule has 1 aliphatic rings. The molecule has 178 valence electrons. The topological polar surface area (TPSA) is 96.0 Å². The van der Waals surface area contributed by atoms with Gasteiger partial charge < -0.3 is 15.0 Å². The standard InChI is InChI=1S/C24H31N3O5S/c1-4-26(5-2)33(30,31)22-12-10-20(11-13-22)27-17-19(15-23(27)28)24(29)25-16-18-8-7-9-21(14-18)32-6-3/h7-14,19H,4-6,15-17H2,1-3H3,(H,25,29). The number of nitrogens with zero attached hydrogens (tertiary/aromatic N) is 2. The zero-order chi connectivity index (χ0) is 24.0. The van der Waals surface area contributed by atoms with Crippen molar-refractivity contribution >= 4 is 27.5 Å². The second-order valence-corrected chi connectivity index (χ2v) is 9.72. The maximum absolute atomic E-state index is 12.7. The maximum atomic E-state index is 12.7. The number of carbonyl (C=O) groups is 2. The predicted octanol–water partition coefficient (Wildman–Crippen LogP) is 2.79. The van der Waals surface area contributed by atoms with Crippen molar-refractivity contribution in [1.82, 2.24) is 9.62 Å². The molecule has 0 aliphatic carbocycles. The number of ether oxygens (including phenoxy) is 1. The first-order valence-electron chi connectivity index (χ1n) is 11.2. The van der Waals surface area contributed by atoms with Gasteiger partial charge in [0.1, 0.15) is 5.75 Å². The molecule has 1 atom stereocenters. The smallest absolute Gasteiger partial charge is 0.243 e. The number of nitrogens with one attached hydrogen (secondary N) is 1. The third-order valence-electron chi connectivity index (χ3n) is 5.66. The lowest BCUT2D eigenvalue weighted by Gasteiger charge is -2.20. The van der Waals surface area contributed by atoms with Crippen molar-refractivity contribution in [2.45, 2.75) is 38.6 Å². The van der Waals surface area contributed by atoms with E-state index < -0.39 is 15.9 Å². The number of sulfonamides is 1. The fourth-order valence-corrected chi connectivity index (χ4v) is 5.35. The van der Waals surface area contributed by atoms with Gasteiger partial charge in [0, 0.05) is 38.3 Å². The summed E-state index contributed by atoms with van der Waals surface area (Å²) in [7, 11) is -3.56. The molecule has 1 N–H and O–H groups in total. The molecule has 9 heteroatoms. The van der Waals surface area contributed by atoms with E-state index in [1.54, 1.807) is 26.0 Å². The second-order valence-electron chi connectivity index (χ2n) is 7.79. The van der Waals surface area contributed by atoms with Gasteiger partial charge in [-0.05, 0) is 48.9 Å². The quantitative estimate of drug-likeness (QED) is 0.573. The Kier molecular flexibility index (Phi) is 8.10. The van der Waals surface area contributed by atoms with Gasteiger partial charge >= 0.3 is 0 Å². The molecule has 2 aromatic carbocycles. The van der Waals surface area contributed by atoms with Crippen molar-refractivity contribution in [1.29, 1.82) is 0 Å². The van der Waals surface area contributed by atoms with Gasteiger partial charge in [-0.15, -0.1) is 0 Å². The van der Waals surface area contributed by atoms with E-state index in [9.17, 15) is 18.0 Å². The van der Waals surface area contributed by atoms with Crippen LogP contribution in [0.4, 0.5) is 5.69 Å². The van der Waals surface area contributed by atoms with E-state index in [1.165, 1.54) is 21.3 Å². The zero-order valence-electron chi connectivity index (χ0n) is 19.3. The van der Waals surface area contributed by atoms with Crippen molar-refractivity contribution in [3.63, 3.8) is 0 Å². The van der Waals surface area contributed by atoms with Crippen molar-refractivity contribution < 1.29 is 22.7 Å². The Labute approximate surface area is 195 Å². The average molecular weight is 474 g/mol. The first-order valence-corrected chi connectivity index (χ1v) is 12.6. The molecule has 1 heterocycles. The Morgan fingerprint density at radius 1 is 1.12 bits per heavy atom. The van der Waals surface area contributed by atoms with Crippen LogP contribution in [0.25, 0.3) is 0 Å². The van der Waals surface area contributed by atoms with Crippen molar-refractivity contribution in [2.24, 2.45) is 5.92 Å². The zero-order valence-corrected chi connectivity index (χ0v) is 20.1. The third-order valence-corrected chi connectivity index (χ3v) is 7.73. The highest BCUT2D eigenvalue weighted by Crippen LogP contribution is 2.27. The third kappa shape index (κ3) is 5.72. The second kappa shape index (κ2) is 10.8.